The summed E-state index contributed by atoms with van der Waals surface area (Å²) in [6, 6.07) is 11.8. The smallest absolute Gasteiger partial charge is 0.270 e. The van der Waals surface area contributed by atoms with Crippen molar-refractivity contribution in [1.82, 2.24) is 15.2 Å². The van der Waals surface area contributed by atoms with Crippen molar-refractivity contribution in [3.8, 4) is 23.0 Å². The Morgan fingerprint density at radius 3 is 2.43 bits per heavy atom. The van der Waals surface area contributed by atoms with Gasteiger partial charge in [-0.2, -0.15) is 0 Å². The first-order valence-corrected chi connectivity index (χ1v) is 13.3. The maximum Gasteiger partial charge on any atom is 0.270 e. The van der Waals surface area contributed by atoms with Crippen molar-refractivity contribution in [2.45, 2.75) is 39.3 Å². The molecule has 3 aromatic rings. The molecular formula is C28H37N3O5S. The molecule has 1 aromatic heterocycles. The molecule has 0 atom stereocenters. The monoisotopic (exact) mass is 527 g/mol. The molecule has 3 rings (SSSR count). The van der Waals surface area contributed by atoms with E-state index in [9.17, 15) is 4.79 Å². The highest BCUT2D eigenvalue weighted by atomic mass is 32.1. The van der Waals surface area contributed by atoms with E-state index in [-0.39, 0.29) is 5.91 Å². The largest absolute Gasteiger partial charge is 0.497 e. The van der Waals surface area contributed by atoms with E-state index in [0.29, 0.717) is 36.8 Å². The second kappa shape index (κ2) is 14.4. The summed E-state index contributed by atoms with van der Waals surface area (Å²) in [5, 5.41) is 5.66. The average molecular weight is 528 g/mol. The molecule has 0 aliphatic heterocycles. The number of carbonyl (C=O) groups excluding carboxylic acids is 1. The summed E-state index contributed by atoms with van der Waals surface area (Å²) >= 11 is 1.50. The van der Waals surface area contributed by atoms with Gasteiger partial charge in [-0.05, 0) is 36.6 Å². The van der Waals surface area contributed by atoms with E-state index in [1.165, 1.54) is 11.3 Å². The third-order valence-corrected chi connectivity index (χ3v) is 6.85. The minimum Gasteiger partial charge on any atom is -0.497 e. The maximum atomic E-state index is 12.4. The Morgan fingerprint density at radius 1 is 0.946 bits per heavy atom. The fraction of sp³-hybridized carbons (Fsp3) is 0.429. The number of aromatic nitrogens is 1. The molecular weight excluding hydrogens is 490 g/mol. The number of amides is 1. The molecule has 8 nitrogen and oxygen atoms in total. The summed E-state index contributed by atoms with van der Waals surface area (Å²) in [7, 11) is 6.58. The van der Waals surface area contributed by atoms with E-state index < -0.39 is 0 Å². The maximum absolute atomic E-state index is 12.4. The molecule has 0 unspecified atom stereocenters. The molecule has 1 amide bonds. The summed E-state index contributed by atoms with van der Waals surface area (Å²) in [6.45, 7) is 4.79. The molecule has 9 heteroatoms. The Hall–Kier alpha value is -3.30. The lowest BCUT2D eigenvalue weighted by molar-refractivity contribution is 0.0948. The molecule has 0 fully saturated rings. The van der Waals surface area contributed by atoms with Crippen LogP contribution in [0.2, 0.25) is 0 Å². The lowest BCUT2D eigenvalue weighted by Crippen LogP contribution is -2.26. The molecule has 0 spiro atoms. The first kappa shape index (κ1) is 28.3. The Balaban J connectivity index is 1.78. The minimum atomic E-state index is -0.121. The van der Waals surface area contributed by atoms with Gasteiger partial charge in [0.25, 0.3) is 5.91 Å². The van der Waals surface area contributed by atoms with Crippen LogP contribution in [0, 0.1) is 0 Å². The Morgan fingerprint density at radius 2 is 1.73 bits per heavy atom. The number of nitrogens with zero attached hydrogens (tertiary/aromatic N) is 2. The second-order valence-electron chi connectivity index (χ2n) is 8.56. The van der Waals surface area contributed by atoms with Gasteiger partial charge in [0.05, 0.1) is 35.0 Å². The zero-order valence-electron chi connectivity index (χ0n) is 22.3. The van der Waals surface area contributed by atoms with Gasteiger partial charge >= 0.3 is 0 Å². The molecule has 1 heterocycles. The van der Waals surface area contributed by atoms with Gasteiger partial charge in [-0.25, -0.2) is 4.98 Å². The topological polar surface area (TPSA) is 82.2 Å². The van der Waals surface area contributed by atoms with Crippen LogP contribution in [-0.2, 0) is 19.5 Å². The van der Waals surface area contributed by atoms with E-state index in [1.807, 2.05) is 35.7 Å². The van der Waals surface area contributed by atoms with E-state index in [4.69, 9.17) is 18.9 Å². The number of ether oxygens (including phenoxy) is 4. The Labute approximate surface area is 223 Å². The van der Waals surface area contributed by atoms with Gasteiger partial charge in [0.1, 0.15) is 22.2 Å². The first-order valence-electron chi connectivity index (χ1n) is 12.4. The number of thiazole rings is 1. The predicted octanol–water partition coefficient (Wildman–Crippen LogP) is 4.95. The third kappa shape index (κ3) is 8.10. The highest BCUT2D eigenvalue weighted by molar-refractivity contribution is 7.09. The van der Waals surface area contributed by atoms with Crippen LogP contribution in [0.3, 0.4) is 0 Å². The molecule has 200 valence electrons. The Bertz CT molecular complexity index is 1150. The zero-order chi connectivity index (χ0) is 26.6. The van der Waals surface area contributed by atoms with Gasteiger partial charge in [-0.1, -0.05) is 25.5 Å². The number of carbonyl (C=O) groups is 1. The van der Waals surface area contributed by atoms with Crippen LogP contribution in [0.15, 0.2) is 41.8 Å². The highest BCUT2D eigenvalue weighted by Gasteiger charge is 2.16. The lowest BCUT2D eigenvalue weighted by Gasteiger charge is -2.23. The van der Waals surface area contributed by atoms with Gasteiger partial charge < -0.3 is 24.3 Å². The van der Waals surface area contributed by atoms with Gasteiger partial charge in [0, 0.05) is 36.6 Å². The van der Waals surface area contributed by atoms with Crippen molar-refractivity contribution in [3.05, 3.63) is 63.6 Å². The van der Waals surface area contributed by atoms with Gasteiger partial charge in [0.15, 0.2) is 11.5 Å². The van der Waals surface area contributed by atoms with E-state index in [1.54, 1.807) is 28.4 Å². The van der Waals surface area contributed by atoms with Crippen LogP contribution in [-0.4, -0.2) is 57.3 Å². The molecule has 2 aromatic carbocycles. The number of unbranched alkanes of at least 4 members (excludes halogenated alkanes) is 1. The molecule has 0 saturated carbocycles. The number of hydrogen-bond acceptors (Lipinski definition) is 8. The molecule has 1 N–H and O–H groups in total. The summed E-state index contributed by atoms with van der Waals surface area (Å²) in [5.41, 5.74) is 2.65. The number of benzene rings is 2. The Kier molecular flexibility index (Phi) is 11.0. The van der Waals surface area contributed by atoms with Crippen molar-refractivity contribution in [2.75, 3.05) is 41.5 Å². The molecule has 37 heavy (non-hydrogen) atoms. The first-order chi connectivity index (χ1) is 18.0. The number of nitrogens with one attached hydrogen (secondary N) is 1. The SMILES string of the molecule is CCCCNC(=O)c1csc(CN(CCc2ccc(OC)c(OC)c2)Cc2ccc(OC)cc2OC)n1. The van der Waals surface area contributed by atoms with Crippen molar-refractivity contribution in [1.29, 1.82) is 0 Å². The van der Waals surface area contributed by atoms with Crippen molar-refractivity contribution in [3.63, 3.8) is 0 Å². The van der Waals surface area contributed by atoms with Crippen LogP contribution < -0.4 is 24.3 Å². The molecule has 0 saturated heterocycles. The number of hydrogen-bond donors (Lipinski definition) is 1. The van der Waals surface area contributed by atoms with Crippen molar-refractivity contribution in [2.24, 2.45) is 0 Å². The summed E-state index contributed by atoms with van der Waals surface area (Å²) in [5.74, 6) is 2.81. The summed E-state index contributed by atoms with van der Waals surface area (Å²) in [6.07, 6.45) is 2.79. The molecule has 0 aliphatic carbocycles. The van der Waals surface area contributed by atoms with Gasteiger partial charge in [0.2, 0.25) is 0 Å². The average Bonchev–Trinajstić information content (AvgIpc) is 3.40. The standard InChI is InChI=1S/C28H37N3O5S/c1-6-7-13-29-28(32)23-19-37-27(30-23)18-31(17-21-9-10-22(33-2)16-25(21)35-4)14-12-20-8-11-24(34-3)26(15-20)36-5/h8-11,15-16,19H,6-7,12-14,17-18H2,1-5H3,(H,29,32). The number of rotatable bonds is 15. The van der Waals surface area contributed by atoms with E-state index in [2.05, 4.69) is 28.2 Å². The van der Waals surface area contributed by atoms with Crippen molar-refractivity contribution >= 4 is 17.2 Å². The fourth-order valence-electron chi connectivity index (χ4n) is 3.91. The van der Waals surface area contributed by atoms with Crippen LogP contribution in [0.25, 0.3) is 0 Å². The van der Waals surface area contributed by atoms with E-state index in [0.717, 1.165) is 53.4 Å². The molecule has 0 bridgehead atoms. The summed E-state index contributed by atoms with van der Waals surface area (Å²) in [4.78, 5) is 19.4. The summed E-state index contributed by atoms with van der Waals surface area (Å²) < 4.78 is 21.8. The van der Waals surface area contributed by atoms with Crippen LogP contribution in [0.5, 0.6) is 23.0 Å². The molecule has 0 radical (unpaired) electrons. The third-order valence-electron chi connectivity index (χ3n) is 6.01. The quantitative estimate of drug-likeness (QED) is 0.280. The van der Waals surface area contributed by atoms with Gasteiger partial charge in [-0.3, -0.25) is 9.69 Å². The molecule has 0 aliphatic rings. The van der Waals surface area contributed by atoms with E-state index >= 15 is 0 Å². The second-order valence-corrected chi connectivity index (χ2v) is 9.51. The predicted molar refractivity (Wildman–Crippen MR) is 146 cm³/mol. The van der Waals surface area contributed by atoms with Crippen LogP contribution in [0.1, 0.15) is 46.4 Å². The normalized spacial score (nSPS) is 10.9. The highest BCUT2D eigenvalue weighted by Crippen LogP contribution is 2.29. The fourth-order valence-corrected chi connectivity index (χ4v) is 4.72. The minimum absolute atomic E-state index is 0.121. The van der Waals surface area contributed by atoms with Crippen LogP contribution in [0.4, 0.5) is 0 Å². The van der Waals surface area contributed by atoms with Crippen molar-refractivity contribution < 1.29 is 23.7 Å². The number of methoxy groups -OCH3 is 4. The lowest BCUT2D eigenvalue weighted by atomic mass is 10.1. The van der Waals surface area contributed by atoms with Gasteiger partial charge in [-0.15, -0.1) is 11.3 Å². The van der Waals surface area contributed by atoms with Crippen LogP contribution >= 0.6 is 11.3 Å². The zero-order valence-corrected chi connectivity index (χ0v) is 23.2.